The molecule has 16 heavy (non-hydrogen) atoms. The average Bonchev–Trinajstić information content (AvgIpc) is 2.86. The maximum Gasteiger partial charge on any atom is 0.374 e. The SMILES string of the molecule is O=C(O)c1oc(C2CCCC2)nc1C(F)F. The molecule has 0 saturated heterocycles. The van der Waals surface area contributed by atoms with E-state index in [1.807, 2.05) is 0 Å². The number of alkyl halides is 2. The fourth-order valence-electron chi connectivity index (χ4n) is 2.00. The second-order valence-electron chi connectivity index (χ2n) is 3.85. The Morgan fingerprint density at radius 1 is 1.44 bits per heavy atom. The van der Waals surface area contributed by atoms with Crippen molar-refractivity contribution in [1.29, 1.82) is 0 Å². The molecule has 0 spiro atoms. The first-order valence-corrected chi connectivity index (χ1v) is 5.11. The van der Waals surface area contributed by atoms with Crippen molar-refractivity contribution in [3.63, 3.8) is 0 Å². The molecule has 88 valence electrons. The summed E-state index contributed by atoms with van der Waals surface area (Å²) in [7, 11) is 0. The van der Waals surface area contributed by atoms with Crippen molar-refractivity contribution in [1.82, 2.24) is 4.98 Å². The van der Waals surface area contributed by atoms with Crippen molar-refractivity contribution >= 4 is 5.97 Å². The topological polar surface area (TPSA) is 63.3 Å². The summed E-state index contributed by atoms with van der Waals surface area (Å²) in [6.45, 7) is 0. The normalized spacial score (nSPS) is 17.2. The second-order valence-corrected chi connectivity index (χ2v) is 3.85. The summed E-state index contributed by atoms with van der Waals surface area (Å²) in [5.74, 6) is -2.08. The minimum atomic E-state index is -2.91. The Morgan fingerprint density at radius 3 is 2.50 bits per heavy atom. The van der Waals surface area contributed by atoms with E-state index in [0.717, 1.165) is 25.7 Å². The Hall–Kier alpha value is -1.46. The van der Waals surface area contributed by atoms with Gasteiger partial charge in [-0.15, -0.1) is 0 Å². The molecule has 6 heteroatoms. The fourth-order valence-corrected chi connectivity index (χ4v) is 2.00. The van der Waals surface area contributed by atoms with Gasteiger partial charge in [0.25, 0.3) is 6.43 Å². The highest BCUT2D eigenvalue weighted by Gasteiger charge is 2.30. The Labute approximate surface area is 90.3 Å². The number of carboxylic acid groups (broad SMARTS) is 1. The third-order valence-electron chi connectivity index (χ3n) is 2.78. The van der Waals surface area contributed by atoms with Crippen LogP contribution in [0.1, 0.15) is 60.2 Å². The molecule has 4 nitrogen and oxygen atoms in total. The molecular weight excluding hydrogens is 220 g/mol. The summed E-state index contributed by atoms with van der Waals surface area (Å²) < 4.78 is 29.9. The van der Waals surface area contributed by atoms with E-state index < -0.39 is 23.8 Å². The predicted molar refractivity (Wildman–Crippen MR) is 49.6 cm³/mol. The molecule has 1 heterocycles. The number of rotatable bonds is 3. The van der Waals surface area contributed by atoms with Crippen LogP contribution >= 0.6 is 0 Å². The number of carboxylic acids is 1. The number of oxazole rings is 1. The van der Waals surface area contributed by atoms with E-state index in [1.165, 1.54) is 0 Å². The number of carbonyl (C=O) groups is 1. The molecule has 0 atom stereocenters. The smallest absolute Gasteiger partial charge is 0.374 e. The van der Waals surface area contributed by atoms with Gasteiger partial charge in [0.2, 0.25) is 5.76 Å². The summed E-state index contributed by atoms with van der Waals surface area (Å²) >= 11 is 0. The minimum Gasteiger partial charge on any atom is -0.475 e. The lowest BCUT2D eigenvalue weighted by Crippen LogP contribution is -1.99. The first-order valence-electron chi connectivity index (χ1n) is 5.11. The molecule has 1 saturated carbocycles. The summed E-state index contributed by atoms with van der Waals surface area (Å²) in [5, 5.41) is 8.70. The molecule has 1 aromatic heterocycles. The Balaban J connectivity index is 2.34. The molecule has 1 N–H and O–H groups in total. The van der Waals surface area contributed by atoms with Crippen molar-refractivity contribution in [3.05, 3.63) is 17.3 Å². The van der Waals surface area contributed by atoms with E-state index in [9.17, 15) is 13.6 Å². The van der Waals surface area contributed by atoms with Gasteiger partial charge >= 0.3 is 5.97 Å². The Bertz CT molecular complexity index is 397. The molecule has 2 rings (SSSR count). The number of hydrogen-bond donors (Lipinski definition) is 1. The lowest BCUT2D eigenvalue weighted by Gasteiger charge is -2.00. The molecule has 0 bridgehead atoms. The fraction of sp³-hybridized carbons (Fsp3) is 0.600. The average molecular weight is 231 g/mol. The van der Waals surface area contributed by atoms with Gasteiger partial charge in [-0.25, -0.2) is 18.6 Å². The van der Waals surface area contributed by atoms with Crippen molar-refractivity contribution < 1.29 is 23.1 Å². The van der Waals surface area contributed by atoms with Crippen molar-refractivity contribution in [3.8, 4) is 0 Å². The highest BCUT2D eigenvalue weighted by molar-refractivity contribution is 5.85. The monoisotopic (exact) mass is 231 g/mol. The van der Waals surface area contributed by atoms with Gasteiger partial charge in [-0.2, -0.15) is 0 Å². The van der Waals surface area contributed by atoms with Gasteiger partial charge in [0.1, 0.15) is 0 Å². The van der Waals surface area contributed by atoms with Gasteiger partial charge in [-0.05, 0) is 12.8 Å². The molecule has 0 radical (unpaired) electrons. The van der Waals surface area contributed by atoms with Crippen LogP contribution in [0.5, 0.6) is 0 Å². The molecule has 1 fully saturated rings. The van der Waals surface area contributed by atoms with Gasteiger partial charge in [0, 0.05) is 5.92 Å². The van der Waals surface area contributed by atoms with Crippen molar-refractivity contribution in [2.24, 2.45) is 0 Å². The second kappa shape index (κ2) is 4.19. The zero-order valence-corrected chi connectivity index (χ0v) is 8.45. The number of halogens is 2. The zero-order valence-electron chi connectivity index (χ0n) is 8.45. The lowest BCUT2D eigenvalue weighted by atomic mass is 10.1. The zero-order chi connectivity index (χ0) is 11.7. The van der Waals surface area contributed by atoms with E-state index in [0.29, 0.717) is 0 Å². The standard InChI is InChI=1S/C10H11F2NO3/c11-8(12)6-7(10(14)15)16-9(13-6)5-3-1-2-4-5/h5,8H,1-4H2,(H,14,15). The van der Waals surface area contributed by atoms with Crippen LogP contribution in [0.2, 0.25) is 0 Å². The van der Waals surface area contributed by atoms with E-state index in [2.05, 4.69) is 4.98 Å². The highest BCUT2D eigenvalue weighted by atomic mass is 19.3. The highest BCUT2D eigenvalue weighted by Crippen LogP contribution is 2.35. The van der Waals surface area contributed by atoms with Crippen LogP contribution in [-0.2, 0) is 0 Å². The number of hydrogen-bond acceptors (Lipinski definition) is 3. The van der Waals surface area contributed by atoms with Crippen LogP contribution in [0.25, 0.3) is 0 Å². The Morgan fingerprint density at radius 2 is 2.06 bits per heavy atom. The van der Waals surface area contributed by atoms with Gasteiger partial charge < -0.3 is 9.52 Å². The van der Waals surface area contributed by atoms with Crippen molar-refractivity contribution in [2.45, 2.75) is 38.0 Å². The quantitative estimate of drug-likeness (QED) is 0.868. The summed E-state index contributed by atoms with van der Waals surface area (Å²) in [4.78, 5) is 14.3. The molecule has 0 aliphatic heterocycles. The van der Waals surface area contributed by atoms with E-state index in [4.69, 9.17) is 9.52 Å². The van der Waals surface area contributed by atoms with Crippen molar-refractivity contribution in [2.75, 3.05) is 0 Å². The summed E-state index contributed by atoms with van der Waals surface area (Å²) in [6, 6.07) is 0. The third-order valence-corrected chi connectivity index (χ3v) is 2.78. The summed E-state index contributed by atoms with van der Waals surface area (Å²) in [6.07, 6.45) is 0.730. The van der Waals surface area contributed by atoms with E-state index >= 15 is 0 Å². The predicted octanol–water partition coefficient (Wildman–Crippen LogP) is 2.97. The Kier molecular flexibility index (Phi) is 2.89. The molecule has 0 aromatic carbocycles. The largest absolute Gasteiger partial charge is 0.475 e. The van der Waals surface area contributed by atoms with E-state index in [-0.39, 0.29) is 11.8 Å². The van der Waals surface area contributed by atoms with Crippen LogP contribution in [0.3, 0.4) is 0 Å². The number of nitrogens with zero attached hydrogens (tertiary/aromatic N) is 1. The van der Waals surface area contributed by atoms with Crippen LogP contribution < -0.4 is 0 Å². The van der Waals surface area contributed by atoms with Gasteiger partial charge in [-0.1, -0.05) is 12.8 Å². The molecule has 1 aromatic rings. The van der Waals surface area contributed by atoms with Crippen LogP contribution in [0.15, 0.2) is 4.42 Å². The molecule has 1 aliphatic carbocycles. The molecular formula is C10H11F2NO3. The maximum absolute atomic E-state index is 12.5. The third kappa shape index (κ3) is 1.91. The first kappa shape index (κ1) is 11.0. The van der Waals surface area contributed by atoms with Crippen LogP contribution in [0, 0.1) is 0 Å². The molecule has 0 unspecified atom stereocenters. The van der Waals surface area contributed by atoms with E-state index in [1.54, 1.807) is 0 Å². The minimum absolute atomic E-state index is 0.00870. The number of aromatic carboxylic acids is 1. The molecule has 1 aliphatic rings. The first-order chi connectivity index (χ1) is 7.59. The van der Waals surface area contributed by atoms with Crippen LogP contribution in [-0.4, -0.2) is 16.1 Å². The van der Waals surface area contributed by atoms with Gasteiger partial charge in [-0.3, -0.25) is 0 Å². The van der Waals surface area contributed by atoms with Gasteiger partial charge in [0.05, 0.1) is 0 Å². The molecule has 0 amide bonds. The summed E-state index contributed by atoms with van der Waals surface area (Å²) in [5.41, 5.74) is -0.755. The number of aromatic nitrogens is 1. The van der Waals surface area contributed by atoms with Gasteiger partial charge in [0.15, 0.2) is 11.6 Å². The maximum atomic E-state index is 12.5. The van der Waals surface area contributed by atoms with Crippen LogP contribution in [0.4, 0.5) is 8.78 Å². The lowest BCUT2D eigenvalue weighted by molar-refractivity contribution is 0.0643.